The van der Waals surface area contributed by atoms with Gasteiger partial charge in [-0.2, -0.15) is 0 Å². The van der Waals surface area contributed by atoms with Gasteiger partial charge < -0.3 is 0 Å². The van der Waals surface area contributed by atoms with Crippen molar-refractivity contribution in [2.24, 2.45) is 0 Å². The smallest absolute Gasteiger partial charge is 0.254 e. The van der Waals surface area contributed by atoms with Crippen molar-refractivity contribution in [2.45, 2.75) is 33.6 Å². The lowest BCUT2D eigenvalue weighted by Gasteiger charge is -2.08. The molecule has 18 heavy (non-hydrogen) atoms. The van der Waals surface area contributed by atoms with Gasteiger partial charge in [-0.15, -0.1) is 0 Å². The van der Waals surface area contributed by atoms with E-state index in [4.69, 9.17) is 0 Å². The number of allylic oxidation sites excluding steroid dienone is 1. The van der Waals surface area contributed by atoms with Crippen LogP contribution in [0.3, 0.4) is 0 Å². The number of aryl methyl sites for hydroxylation is 1. The molecule has 0 radical (unpaired) electrons. The van der Waals surface area contributed by atoms with Crippen LogP contribution in [-0.2, 0) is 0 Å². The van der Waals surface area contributed by atoms with Gasteiger partial charge in [-0.3, -0.25) is 9.36 Å². The first-order valence-corrected chi connectivity index (χ1v) is 6.26. The molecule has 1 aromatic heterocycles. The van der Waals surface area contributed by atoms with Crippen LogP contribution in [0.4, 0.5) is 0 Å². The molecule has 0 aliphatic carbocycles. The lowest BCUT2D eigenvalue weighted by atomic mass is 9.97. The van der Waals surface area contributed by atoms with Gasteiger partial charge >= 0.3 is 0 Å². The SMILES string of the molecule is C=CC(=O)n1c(C)c(C)c2c(C(C)C)cccc21. The average molecular weight is 241 g/mol. The molecular weight excluding hydrogens is 222 g/mol. The number of nitrogens with zero attached hydrogens (tertiary/aromatic N) is 1. The second kappa shape index (κ2) is 4.45. The molecule has 0 aliphatic heterocycles. The first kappa shape index (κ1) is 12.6. The zero-order chi connectivity index (χ0) is 13.4. The highest BCUT2D eigenvalue weighted by molar-refractivity contribution is 6.01. The van der Waals surface area contributed by atoms with Crippen molar-refractivity contribution >= 4 is 16.8 Å². The van der Waals surface area contributed by atoms with Crippen molar-refractivity contribution in [3.05, 3.63) is 47.7 Å². The summed E-state index contributed by atoms with van der Waals surface area (Å²) in [4.78, 5) is 12.0. The molecule has 0 spiro atoms. The van der Waals surface area contributed by atoms with Crippen LogP contribution in [0.5, 0.6) is 0 Å². The Bertz CT molecular complexity index is 632. The van der Waals surface area contributed by atoms with Crippen LogP contribution in [0.1, 0.15) is 41.4 Å². The molecule has 2 heteroatoms. The quantitative estimate of drug-likeness (QED) is 0.722. The van der Waals surface area contributed by atoms with Gasteiger partial charge in [-0.1, -0.05) is 32.6 Å². The lowest BCUT2D eigenvalue weighted by Crippen LogP contribution is -2.08. The van der Waals surface area contributed by atoms with Crippen molar-refractivity contribution in [3.8, 4) is 0 Å². The predicted octanol–water partition coefficient (Wildman–Crippen LogP) is 4.21. The molecule has 0 N–H and O–H groups in total. The lowest BCUT2D eigenvalue weighted by molar-refractivity contribution is 0.0972. The molecule has 0 unspecified atom stereocenters. The van der Waals surface area contributed by atoms with Gasteiger partial charge in [0.15, 0.2) is 0 Å². The van der Waals surface area contributed by atoms with Crippen LogP contribution in [0.15, 0.2) is 30.9 Å². The Morgan fingerprint density at radius 3 is 2.56 bits per heavy atom. The molecule has 1 heterocycles. The maximum atomic E-state index is 12.0. The van der Waals surface area contributed by atoms with Gasteiger partial charge in [-0.25, -0.2) is 0 Å². The van der Waals surface area contributed by atoms with Crippen LogP contribution in [0.25, 0.3) is 10.9 Å². The molecular formula is C16H19NO. The highest BCUT2D eigenvalue weighted by Gasteiger charge is 2.17. The largest absolute Gasteiger partial charge is 0.281 e. The van der Waals surface area contributed by atoms with Gasteiger partial charge in [0, 0.05) is 11.1 Å². The zero-order valence-electron chi connectivity index (χ0n) is 11.4. The number of benzene rings is 1. The van der Waals surface area contributed by atoms with Crippen molar-refractivity contribution in [1.82, 2.24) is 4.57 Å². The van der Waals surface area contributed by atoms with Gasteiger partial charge in [0.2, 0.25) is 0 Å². The minimum absolute atomic E-state index is 0.0634. The predicted molar refractivity (Wildman–Crippen MR) is 76.3 cm³/mol. The van der Waals surface area contributed by atoms with Crippen LogP contribution in [0.2, 0.25) is 0 Å². The Morgan fingerprint density at radius 2 is 2.00 bits per heavy atom. The van der Waals surface area contributed by atoms with Crippen LogP contribution < -0.4 is 0 Å². The first-order valence-electron chi connectivity index (χ1n) is 6.26. The molecule has 0 saturated heterocycles. The van der Waals surface area contributed by atoms with Crippen molar-refractivity contribution in [1.29, 1.82) is 0 Å². The Balaban J connectivity index is 2.92. The Morgan fingerprint density at radius 1 is 1.33 bits per heavy atom. The summed E-state index contributed by atoms with van der Waals surface area (Å²) in [5.74, 6) is 0.382. The summed E-state index contributed by atoms with van der Waals surface area (Å²) in [5, 5.41) is 1.21. The van der Waals surface area contributed by atoms with Crippen LogP contribution >= 0.6 is 0 Å². The highest BCUT2D eigenvalue weighted by Crippen LogP contribution is 2.32. The van der Waals surface area contributed by atoms with E-state index >= 15 is 0 Å². The van der Waals surface area contributed by atoms with E-state index in [2.05, 4.69) is 33.4 Å². The standard InChI is InChI=1S/C16H19NO/c1-6-15(18)17-12(5)11(4)16-13(10(2)3)8-7-9-14(16)17/h6-10H,1H2,2-5H3. The van der Waals surface area contributed by atoms with Crippen molar-refractivity contribution in [2.75, 3.05) is 0 Å². The summed E-state index contributed by atoms with van der Waals surface area (Å²) >= 11 is 0. The summed E-state index contributed by atoms with van der Waals surface area (Å²) in [7, 11) is 0. The molecule has 0 aliphatic rings. The van der Waals surface area contributed by atoms with Crippen LogP contribution in [-0.4, -0.2) is 10.5 Å². The van der Waals surface area contributed by atoms with Gasteiger partial charge in [0.05, 0.1) is 5.52 Å². The molecule has 0 fully saturated rings. The van der Waals surface area contributed by atoms with Crippen molar-refractivity contribution < 1.29 is 4.79 Å². The third-order valence-electron chi connectivity index (χ3n) is 3.59. The fraction of sp³-hybridized carbons (Fsp3) is 0.312. The minimum Gasteiger partial charge on any atom is -0.281 e. The number of aromatic nitrogens is 1. The van der Waals surface area contributed by atoms with E-state index in [1.165, 1.54) is 22.6 Å². The topological polar surface area (TPSA) is 22.0 Å². The van der Waals surface area contributed by atoms with Gasteiger partial charge in [0.1, 0.15) is 0 Å². The number of carbonyl (C=O) groups is 1. The summed E-state index contributed by atoms with van der Waals surface area (Å²) in [6, 6.07) is 6.16. The minimum atomic E-state index is -0.0634. The molecule has 0 bridgehead atoms. The average Bonchev–Trinajstić information content (AvgIpc) is 2.61. The summed E-state index contributed by atoms with van der Waals surface area (Å²) in [5.41, 5.74) is 4.47. The van der Waals surface area contributed by atoms with E-state index < -0.39 is 0 Å². The van der Waals surface area contributed by atoms with E-state index in [-0.39, 0.29) is 5.91 Å². The Kier molecular flexibility index (Phi) is 3.12. The summed E-state index contributed by atoms with van der Waals surface area (Å²) < 4.78 is 1.75. The van der Waals surface area contributed by atoms with Crippen LogP contribution in [0, 0.1) is 13.8 Å². The maximum absolute atomic E-state index is 12.0. The molecule has 2 nitrogen and oxygen atoms in total. The Labute approximate surface area is 108 Å². The molecule has 0 amide bonds. The third kappa shape index (κ3) is 1.69. The van der Waals surface area contributed by atoms with E-state index in [1.807, 2.05) is 19.1 Å². The third-order valence-corrected chi connectivity index (χ3v) is 3.59. The monoisotopic (exact) mass is 241 g/mol. The second-order valence-electron chi connectivity index (χ2n) is 4.98. The first-order chi connectivity index (χ1) is 8.49. The number of hydrogen-bond donors (Lipinski definition) is 0. The van der Waals surface area contributed by atoms with E-state index in [9.17, 15) is 4.79 Å². The molecule has 2 aromatic rings. The van der Waals surface area contributed by atoms with Gasteiger partial charge in [-0.05, 0) is 43.0 Å². The normalized spacial score (nSPS) is 11.2. The number of rotatable bonds is 2. The second-order valence-corrected chi connectivity index (χ2v) is 4.98. The Hall–Kier alpha value is -1.83. The number of carbonyl (C=O) groups excluding carboxylic acids is 1. The fourth-order valence-corrected chi connectivity index (χ4v) is 2.54. The molecule has 0 atom stereocenters. The molecule has 2 rings (SSSR count). The summed E-state index contributed by atoms with van der Waals surface area (Å²) in [6.07, 6.45) is 1.37. The fourth-order valence-electron chi connectivity index (χ4n) is 2.54. The summed E-state index contributed by atoms with van der Waals surface area (Å²) in [6.45, 7) is 12.0. The number of fused-ring (bicyclic) bond motifs is 1. The van der Waals surface area contributed by atoms with E-state index in [1.54, 1.807) is 4.57 Å². The highest BCUT2D eigenvalue weighted by atomic mass is 16.1. The van der Waals surface area contributed by atoms with E-state index in [0.717, 1.165) is 11.2 Å². The van der Waals surface area contributed by atoms with Gasteiger partial charge in [0.25, 0.3) is 5.91 Å². The maximum Gasteiger partial charge on any atom is 0.254 e. The number of hydrogen-bond acceptors (Lipinski definition) is 1. The van der Waals surface area contributed by atoms with Crippen molar-refractivity contribution in [3.63, 3.8) is 0 Å². The molecule has 1 aromatic carbocycles. The zero-order valence-corrected chi connectivity index (χ0v) is 11.4. The molecule has 94 valence electrons. The molecule has 0 saturated carbocycles. The van der Waals surface area contributed by atoms with E-state index in [0.29, 0.717) is 5.92 Å².